The zero-order valence-electron chi connectivity index (χ0n) is 14.2. The van der Waals surface area contributed by atoms with Gasteiger partial charge in [-0.1, -0.05) is 29.8 Å². The summed E-state index contributed by atoms with van der Waals surface area (Å²) in [4.78, 5) is 12.8. The van der Waals surface area contributed by atoms with Gasteiger partial charge in [0.15, 0.2) is 0 Å². The van der Waals surface area contributed by atoms with E-state index in [1.165, 1.54) is 5.56 Å². The summed E-state index contributed by atoms with van der Waals surface area (Å²) in [6.07, 6.45) is 3.78. The molecule has 0 bridgehead atoms. The van der Waals surface area contributed by atoms with Crippen molar-refractivity contribution in [1.82, 2.24) is 10.6 Å². The maximum atomic E-state index is 12.8. The van der Waals surface area contributed by atoms with E-state index in [1.807, 2.05) is 0 Å². The van der Waals surface area contributed by atoms with Crippen molar-refractivity contribution in [3.05, 3.63) is 35.4 Å². The second-order valence-corrected chi connectivity index (χ2v) is 7.04. The summed E-state index contributed by atoms with van der Waals surface area (Å²) in [6.45, 7) is 5.98. The highest BCUT2D eigenvalue weighted by Crippen LogP contribution is 2.34. The van der Waals surface area contributed by atoms with Gasteiger partial charge in [-0.15, -0.1) is 0 Å². The first-order valence-electron chi connectivity index (χ1n) is 8.85. The fourth-order valence-corrected chi connectivity index (χ4v) is 3.71. The molecule has 2 saturated heterocycles. The molecule has 2 fully saturated rings. The van der Waals surface area contributed by atoms with Gasteiger partial charge in [-0.3, -0.25) is 4.79 Å². The highest BCUT2D eigenvalue weighted by Gasteiger charge is 2.34. The van der Waals surface area contributed by atoms with Crippen LogP contribution in [-0.4, -0.2) is 31.1 Å². The van der Waals surface area contributed by atoms with Crippen LogP contribution in [0.25, 0.3) is 0 Å². The number of hydrogen-bond donors (Lipinski definition) is 2. The zero-order chi connectivity index (χ0) is 16.2. The Labute approximate surface area is 139 Å². The van der Waals surface area contributed by atoms with Crippen molar-refractivity contribution in [2.24, 2.45) is 5.92 Å². The van der Waals surface area contributed by atoms with Crippen LogP contribution in [0, 0.1) is 12.8 Å². The first-order valence-corrected chi connectivity index (χ1v) is 8.85. The van der Waals surface area contributed by atoms with E-state index >= 15 is 0 Å². The molecule has 0 aromatic heterocycles. The van der Waals surface area contributed by atoms with Crippen LogP contribution >= 0.6 is 0 Å². The van der Waals surface area contributed by atoms with Gasteiger partial charge in [0.05, 0.1) is 12.0 Å². The summed E-state index contributed by atoms with van der Waals surface area (Å²) < 4.78 is 5.97. The number of rotatable bonds is 3. The van der Waals surface area contributed by atoms with E-state index in [0.717, 1.165) is 44.4 Å². The average molecular weight is 316 g/mol. The van der Waals surface area contributed by atoms with Gasteiger partial charge >= 0.3 is 0 Å². The van der Waals surface area contributed by atoms with E-state index in [9.17, 15) is 4.79 Å². The molecule has 0 radical (unpaired) electrons. The first-order chi connectivity index (χ1) is 11.1. The number of carbonyl (C=O) groups is 1. The largest absolute Gasteiger partial charge is 0.373 e. The lowest BCUT2D eigenvalue weighted by molar-refractivity contribution is -0.135. The number of carbonyl (C=O) groups excluding carboxylic acids is 1. The second kappa shape index (κ2) is 7.45. The molecule has 4 unspecified atom stereocenters. The number of benzene rings is 1. The SMILES string of the molecule is Cc1ccc(C2OCCCC2C(=O)NC2CCNC(C)C2)cc1. The summed E-state index contributed by atoms with van der Waals surface area (Å²) in [5, 5.41) is 6.70. The Hall–Kier alpha value is -1.39. The van der Waals surface area contributed by atoms with Gasteiger partial charge < -0.3 is 15.4 Å². The molecule has 4 heteroatoms. The van der Waals surface area contributed by atoms with Crippen molar-refractivity contribution >= 4 is 5.91 Å². The minimum absolute atomic E-state index is 0.0725. The number of amides is 1. The van der Waals surface area contributed by atoms with Crippen molar-refractivity contribution in [3.8, 4) is 0 Å². The Kier molecular flexibility index (Phi) is 5.34. The van der Waals surface area contributed by atoms with Crippen LogP contribution in [0.4, 0.5) is 0 Å². The van der Waals surface area contributed by atoms with Crippen LogP contribution in [0.1, 0.15) is 49.8 Å². The molecule has 1 aromatic carbocycles. The fourth-order valence-electron chi connectivity index (χ4n) is 3.71. The molecule has 4 nitrogen and oxygen atoms in total. The average Bonchev–Trinajstić information content (AvgIpc) is 2.55. The molecule has 2 N–H and O–H groups in total. The molecule has 4 atom stereocenters. The number of hydrogen-bond acceptors (Lipinski definition) is 3. The molecule has 3 rings (SSSR count). The van der Waals surface area contributed by atoms with E-state index < -0.39 is 0 Å². The minimum atomic E-state index is -0.108. The molecule has 126 valence electrons. The van der Waals surface area contributed by atoms with E-state index in [4.69, 9.17) is 4.74 Å². The third-order valence-corrected chi connectivity index (χ3v) is 5.04. The summed E-state index contributed by atoms with van der Waals surface area (Å²) in [7, 11) is 0. The lowest BCUT2D eigenvalue weighted by Gasteiger charge is -2.34. The Balaban J connectivity index is 1.67. The Bertz CT molecular complexity index is 529. The number of ether oxygens (including phenoxy) is 1. The van der Waals surface area contributed by atoms with Crippen LogP contribution in [0.15, 0.2) is 24.3 Å². The standard InChI is InChI=1S/C19H28N2O2/c1-13-5-7-15(8-6-13)18-17(4-3-11-23-18)19(22)21-16-9-10-20-14(2)12-16/h5-8,14,16-18,20H,3-4,9-12H2,1-2H3,(H,21,22). The topological polar surface area (TPSA) is 50.4 Å². The smallest absolute Gasteiger partial charge is 0.226 e. The third kappa shape index (κ3) is 4.12. The molecule has 0 spiro atoms. The normalized spacial score (nSPS) is 31.6. The number of nitrogens with one attached hydrogen (secondary N) is 2. The molecule has 0 saturated carbocycles. The fraction of sp³-hybridized carbons (Fsp3) is 0.632. The van der Waals surface area contributed by atoms with Gasteiger partial charge in [0.2, 0.25) is 5.91 Å². The van der Waals surface area contributed by atoms with Gasteiger partial charge in [0.1, 0.15) is 0 Å². The predicted octanol–water partition coefficient (Wildman–Crippen LogP) is 2.72. The summed E-state index contributed by atoms with van der Waals surface area (Å²) >= 11 is 0. The van der Waals surface area contributed by atoms with E-state index in [0.29, 0.717) is 12.1 Å². The molecule has 2 heterocycles. The summed E-state index contributed by atoms with van der Waals surface area (Å²) in [5.41, 5.74) is 2.35. The second-order valence-electron chi connectivity index (χ2n) is 7.04. The van der Waals surface area contributed by atoms with Crippen molar-refractivity contribution < 1.29 is 9.53 Å². The highest BCUT2D eigenvalue weighted by atomic mass is 16.5. The Morgan fingerprint density at radius 2 is 2.04 bits per heavy atom. The molecule has 2 aliphatic heterocycles. The molecule has 1 amide bonds. The van der Waals surface area contributed by atoms with Gasteiger partial charge in [-0.05, 0) is 51.6 Å². The first kappa shape index (κ1) is 16.5. The molecular weight excluding hydrogens is 288 g/mol. The lowest BCUT2D eigenvalue weighted by atomic mass is 9.87. The van der Waals surface area contributed by atoms with Crippen molar-refractivity contribution in [2.75, 3.05) is 13.2 Å². The van der Waals surface area contributed by atoms with Crippen LogP contribution in [-0.2, 0) is 9.53 Å². The Morgan fingerprint density at radius 3 is 2.78 bits per heavy atom. The van der Waals surface area contributed by atoms with E-state index in [1.54, 1.807) is 0 Å². The summed E-state index contributed by atoms with van der Waals surface area (Å²) in [6, 6.07) is 9.15. The third-order valence-electron chi connectivity index (χ3n) is 5.04. The van der Waals surface area contributed by atoms with Gasteiger partial charge in [0, 0.05) is 18.7 Å². The molecule has 0 aliphatic carbocycles. The predicted molar refractivity (Wildman–Crippen MR) is 91.2 cm³/mol. The summed E-state index contributed by atoms with van der Waals surface area (Å²) in [5.74, 6) is 0.0889. The maximum Gasteiger partial charge on any atom is 0.226 e. The van der Waals surface area contributed by atoms with Gasteiger partial charge in [-0.2, -0.15) is 0 Å². The quantitative estimate of drug-likeness (QED) is 0.901. The Morgan fingerprint density at radius 1 is 1.26 bits per heavy atom. The zero-order valence-corrected chi connectivity index (χ0v) is 14.2. The molecule has 23 heavy (non-hydrogen) atoms. The molecule has 2 aliphatic rings. The molecule has 1 aromatic rings. The van der Waals surface area contributed by atoms with Crippen LogP contribution in [0.5, 0.6) is 0 Å². The number of aryl methyl sites for hydroxylation is 1. The van der Waals surface area contributed by atoms with E-state index in [-0.39, 0.29) is 17.9 Å². The lowest BCUT2D eigenvalue weighted by Crippen LogP contribution is -2.49. The van der Waals surface area contributed by atoms with Crippen LogP contribution in [0.3, 0.4) is 0 Å². The van der Waals surface area contributed by atoms with Gasteiger partial charge in [-0.25, -0.2) is 0 Å². The van der Waals surface area contributed by atoms with Crippen LogP contribution < -0.4 is 10.6 Å². The van der Waals surface area contributed by atoms with Crippen molar-refractivity contribution in [1.29, 1.82) is 0 Å². The van der Waals surface area contributed by atoms with E-state index in [2.05, 4.69) is 48.7 Å². The highest BCUT2D eigenvalue weighted by molar-refractivity contribution is 5.80. The van der Waals surface area contributed by atoms with Crippen LogP contribution in [0.2, 0.25) is 0 Å². The monoisotopic (exact) mass is 316 g/mol. The van der Waals surface area contributed by atoms with Crippen molar-refractivity contribution in [2.45, 2.75) is 57.7 Å². The minimum Gasteiger partial charge on any atom is -0.373 e. The van der Waals surface area contributed by atoms with Crippen molar-refractivity contribution in [3.63, 3.8) is 0 Å². The number of piperidine rings is 1. The maximum absolute atomic E-state index is 12.8. The van der Waals surface area contributed by atoms with Gasteiger partial charge in [0.25, 0.3) is 0 Å². The molecular formula is C19H28N2O2.